The van der Waals surface area contributed by atoms with Crippen molar-refractivity contribution in [1.29, 1.82) is 5.26 Å². The molecule has 0 saturated heterocycles. The predicted molar refractivity (Wildman–Crippen MR) is 61.1 cm³/mol. The summed E-state index contributed by atoms with van der Waals surface area (Å²) in [7, 11) is 1.55. The normalized spacial score (nSPS) is 13.1. The lowest BCUT2D eigenvalue weighted by atomic mass is 9.94. The van der Waals surface area contributed by atoms with Crippen LogP contribution in [0.5, 0.6) is 0 Å². The van der Waals surface area contributed by atoms with Gasteiger partial charge in [0.2, 0.25) is 0 Å². The van der Waals surface area contributed by atoms with Crippen molar-refractivity contribution in [2.75, 3.05) is 13.7 Å². The molecule has 0 aliphatic rings. The van der Waals surface area contributed by atoms with Gasteiger partial charge in [0.15, 0.2) is 0 Å². The first-order valence-corrected chi connectivity index (χ1v) is 5.50. The van der Waals surface area contributed by atoms with Gasteiger partial charge >= 0.3 is 6.18 Å². The Balaban J connectivity index is 3.08. The number of hydrogen-bond acceptors (Lipinski definition) is 2. The van der Waals surface area contributed by atoms with E-state index in [9.17, 15) is 13.2 Å². The minimum atomic E-state index is -4.50. The Morgan fingerprint density at radius 2 is 2.06 bits per heavy atom. The summed E-state index contributed by atoms with van der Waals surface area (Å²) in [6.07, 6.45) is -3.86. The summed E-state index contributed by atoms with van der Waals surface area (Å²) in [5.74, 6) is -0.0428. The lowest BCUT2D eigenvalue weighted by Crippen LogP contribution is -2.09. The summed E-state index contributed by atoms with van der Waals surface area (Å²) in [6.45, 7) is 2.32. The highest BCUT2D eigenvalue weighted by Gasteiger charge is 2.34. The van der Waals surface area contributed by atoms with Crippen molar-refractivity contribution in [1.82, 2.24) is 0 Å². The zero-order chi connectivity index (χ0) is 13.8. The Bertz CT molecular complexity index is 449. The maximum absolute atomic E-state index is 12.8. The predicted octanol–water partition coefficient (Wildman–Crippen LogP) is 3.72. The van der Waals surface area contributed by atoms with Gasteiger partial charge in [-0.05, 0) is 30.0 Å². The molecule has 5 heteroatoms. The largest absolute Gasteiger partial charge is 0.417 e. The molecule has 18 heavy (non-hydrogen) atoms. The first kappa shape index (κ1) is 14.5. The second-order valence-electron chi connectivity index (χ2n) is 4.10. The van der Waals surface area contributed by atoms with Crippen molar-refractivity contribution in [3.63, 3.8) is 0 Å². The van der Waals surface area contributed by atoms with Crippen LogP contribution in [-0.4, -0.2) is 13.7 Å². The number of ether oxygens (including phenoxy) is 1. The maximum Gasteiger partial charge on any atom is 0.417 e. The summed E-state index contributed by atoms with van der Waals surface area (Å²) in [6, 6.07) is 5.41. The minimum Gasteiger partial charge on any atom is -0.385 e. The standard InChI is InChI=1S/C13H14F3NO/c1-9(5-6-18-2)10-3-4-11(8-17)12(7-10)13(14,15)16/h3-4,7,9H,5-6H2,1-2H3. The molecule has 1 atom stereocenters. The highest BCUT2D eigenvalue weighted by molar-refractivity contribution is 5.42. The fraction of sp³-hybridized carbons (Fsp3) is 0.462. The van der Waals surface area contributed by atoms with Gasteiger partial charge in [-0.1, -0.05) is 13.0 Å². The number of halogens is 3. The van der Waals surface area contributed by atoms with E-state index >= 15 is 0 Å². The van der Waals surface area contributed by atoms with Crippen LogP contribution in [-0.2, 0) is 10.9 Å². The van der Waals surface area contributed by atoms with Gasteiger partial charge in [-0.25, -0.2) is 0 Å². The van der Waals surface area contributed by atoms with Crippen molar-refractivity contribution in [2.24, 2.45) is 0 Å². The number of methoxy groups -OCH3 is 1. The summed E-state index contributed by atoms with van der Waals surface area (Å²) in [4.78, 5) is 0. The fourth-order valence-electron chi connectivity index (χ4n) is 1.66. The Kier molecular flexibility index (Phi) is 4.74. The van der Waals surface area contributed by atoms with E-state index in [0.717, 1.165) is 6.07 Å². The minimum absolute atomic E-state index is 0.0428. The van der Waals surface area contributed by atoms with Gasteiger partial charge in [-0.3, -0.25) is 0 Å². The van der Waals surface area contributed by atoms with Gasteiger partial charge in [0, 0.05) is 13.7 Å². The van der Waals surface area contributed by atoms with Crippen molar-refractivity contribution >= 4 is 0 Å². The Morgan fingerprint density at radius 3 is 2.56 bits per heavy atom. The number of nitrogens with zero attached hydrogens (tertiary/aromatic N) is 1. The Morgan fingerprint density at radius 1 is 1.39 bits per heavy atom. The van der Waals surface area contributed by atoms with Gasteiger partial charge in [0.05, 0.1) is 17.2 Å². The topological polar surface area (TPSA) is 33.0 Å². The summed E-state index contributed by atoms with van der Waals surface area (Å²) < 4.78 is 43.2. The molecule has 0 fully saturated rings. The first-order chi connectivity index (χ1) is 8.40. The molecule has 0 heterocycles. The molecule has 0 bridgehead atoms. The molecule has 1 rings (SSSR count). The molecule has 1 unspecified atom stereocenters. The van der Waals surface area contributed by atoms with E-state index in [1.165, 1.54) is 6.07 Å². The molecule has 2 nitrogen and oxygen atoms in total. The van der Waals surface area contributed by atoms with Crippen LogP contribution in [0.4, 0.5) is 13.2 Å². The molecule has 0 spiro atoms. The van der Waals surface area contributed by atoms with Crippen molar-refractivity contribution in [3.05, 3.63) is 34.9 Å². The summed E-state index contributed by atoms with van der Waals surface area (Å²) in [5.41, 5.74) is -0.643. The molecule has 1 aromatic rings. The van der Waals surface area contributed by atoms with Gasteiger partial charge in [0.25, 0.3) is 0 Å². The Labute approximate surface area is 104 Å². The van der Waals surface area contributed by atoms with Gasteiger partial charge in [-0.15, -0.1) is 0 Å². The van der Waals surface area contributed by atoms with Crippen molar-refractivity contribution in [2.45, 2.75) is 25.4 Å². The molecule has 0 aliphatic carbocycles. The van der Waals surface area contributed by atoms with E-state index in [2.05, 4.69) is 0 Å². The lowest BCUT2D eigenvalue weighted by Gasteiger charge is -2.15. The quantitative estimate of drug-likeness (QED) is 0.823. The van der Waals surface area contributed by atoms with Crippen molar-refractivity contribution < 1.29 is 17.9 Å². The molecule has 1 aromatic carbocycles. The average molecular weight is 257 g/mol. The van der Waals surface area contributed by atoms with Gasteiger partial charge in [0.1, 0.15) is 0 Å². The smallest absolute Gasteiger partial charge is 0.385 e. The Hall–Kier alpha value is -1.54. The monoisotopic (exact) mass is 257 g/mol. The van der Waals surface area contributed by atoms with Gasteiger partial charge < -0.3 is 4.74 Å². The molecular weight excluding hydrogens is 243 g/mol. The molecule has 0 amide bonds. The number of hydrogen-bond donors (Lipinski definition) is 0. The molecule has 0 aromatic heterocycles. The molecule has 98 valence electrons. The van der Waals surface area contributed by atoms with Crippen LogP contribution in [0, 0.1) is 11.3 Å². The first-order valence-electron chi connectivity index (χ1n) is 5.50. The van der Waals surface area contributed by atoms with Crippen molar-refractivity contribution in [3.8, 4) is 6.07 Å². The van der Waals surface area contributed by atoms with E-state index in [4.69, 9.17) is 10.00 Å². The second-order valence-corrected chi connectivity index (χ2v) is 4.10. The number of rotatable bonds is 4. The fourth-order valence-corrected chi connectivity index (χ4v) is 1.66. The molecular formula is C13H14F3NO. The molecule has 0 N–H and O–H groups in total. The molecule has 0 radical (unpaired) electrons. The molecule has 0 saturated carbocycles. The summed E-state index contributed by atoms with van der Waals surface area (Å²) >= 11 is 0. The highest BCUT2D eigenvalue weighted by atomic mass is 19.4. The average Bonchev–Trinajstić information content (AvgIpc) is 2.34. The number of alkyl halides is 3. The lowest BCUT2D eigenvalue weighted by molar-refractivity contribution is -0.137. The van der Waals surface area contributed by atoms with E-state index < -0.39 is 11.7 Å². The van der Waals surface area contributed by atoms with Crippen LogP contribution < -0.4 is 0 Å². The number of nitriles is 1. The van der Waals surface area contributed by atoms with Crippen LogP contribution in [0.15, 0.2) is 18.2 Å². The zero-order valence-corrected chi connectivity index (χ0v) is 10.2. The van der Waals surface area contributed by atoms with E-state index in [1.807, 2.05) is 6.92 Å². The van der Waals surface area contributed by atoms with Crippen LogP contribution in [0.2, 0.25) is 0 Å². The number of benzene rings is 1. The highest BCUT2D eigenvalue weighted by Crippen LogP contribution is 2.34. The van der Waals surface area contributed by atoms with Crippen LogP contribution in [0.3, 0.4) is 0 Å². The van der Waals surface area contributed by atoms with Crippen LogP contribution in [0.1, 0.15) is 36.0 Å². The third-order valence-electron chi connectivity index (χ3n) is 2.79. The van der Waals surface area contributed by atoms with Crippen LogP contribution >= 0.6 is 0 Å². The van der Waals surface area contributed by atoms with Gasteiger partial charge in [-0.2, -0.15) is 18.4 Å². The van der Waals surface area contributed by atoms with E-state index in [0.29, 0.717) is 18.6 Å². The maximum atomic E-state index is 12.8. The SMILES string of the molecule is COCCC(C)c1ccc(C#N)c(C(F)(F)F)c1. The second kappa shape index (κ2) is 5.87. The third-order valence-corrected chi connectivity index (χ3v) is 2.79. The summed E-state index contributed by atoms with van der Waals surface area (Å²) in [5, 5.41) is 8.68. The van der Waals surface area contributed by atoms with Crippen LogP contribution in [0.25, 0.3) is 0 Å². The van der Waals surface area contributed by atoms with E-state index in [-0.39, 0.29) is 11.5 Å². The third kappa shape index (κ3) is 3.47. The zero-order valence-electron chi connectivity index (χ0n) is 10.2. The van der Waals surface area contributed by atoms with E-state index in [1.54, 1.807) is 19.2 Å². The molecule has 0 aliphatic heterocycles.